The molecule has 0 bridgehead atoms. The third kappa shape index (κ3) is 17.9. The summed E-state index contributed by atoms with van der Waals surface area (Å²) >= 11 is 0. The number of ketones is 1. The van der Waals surface area contributed by atoms with Crippen molar-refractivity contribution in [3.05, 3.63) is 12.2 Å². The molecule has 0 fully saturated rings. The van der Waals surface area contributed by atoms with Crippen molar-refractivity contribution in [1.82, 2.24) is 0 Å². The monoisotopic (exact) mass is 188 g/mol. The van der Waals surface area contributed by atoms with Gasteiger partial charge in [-0.25, -0.2) is 4.79 Å². The molecular weight excluding hydrogens is 176 g/mol. The number of carboxylic acids is 2. The Morgan fingerprint density at radius 1 is 1.15 bits per heavy atom. The molecule has 0 spiro atoms. The van der Waals surface area contributed by atoms with Gasteiger partial charge in [-0.1, -0.05) is 6.58 Å². The molecular formula is C8H12O5. The van der Waals surface area contributed by atoms with Gasteiger partial charge in [-0.3, -0.25) is 9.59 Å². The van der Waals surface area contributed by atoms with Gasteiger partial charge in [-0.2, -0.15) is 0 Å². The van der Waals surface area contributed by atoms with Crippen molar-refractivity contribution in [1.29, 1.82) is 0 Å². The van der Waals surface area contributed by atoms with Crippen LogP contribution in [0.4, 0.5) is 0 Å². The first-order chi connectivity index (χ1) is 5.77. The molecule has 0 aliphatic carbocycles. The molecule has 2 N–H and O–H groups in total. The first-order valence-corrected chi connectivity index (χ1v) is 3.37. The fourth-order valence-electron chi connectivity index (χ4n) is 0.213. The zero-order valence-corrected chi connectivity index (χ0v) is 7.53. The number of carbonyl (C=O) groups is 3. The van der Waals surface area contributed by atoms with Crippen LogP contribution in [0.15, 0.2) is 12.2 Å². The Kier molecular flexibility index (Phi) is 7.51. The minimum absolute atomic E-state index is 0.176. The van der Waals surface area contributed by atoms with E-state index < -0.39 is 11.9 Å². The van der Waals surface area contributed by atoms with Gasteiger partial charge in [-0.05, 0) is 13.8 Å². The Bertz CT molecular complexity index is 205. The zero-order chi connectivity index (χ0) is 11.0. The second-order valence-corrected chi connectivity index (χ2v) is 2.36. The van der Waals surface area contributed by atoms with Crippen LogP contribution < -0.4 is 0 Å². The number of rotatable bonds is 3. The third-order valence-corrected chi connectivity index (χ3v) is 0.765. The van der Waals surface area contributed by atoms with Crippen LogP contribution in [0.1, 0.15) is 20.3 Å². The quantitative estimate of drug-likeness (QED) is 0.502. The Balaban J connectivity index is 0. The van der Waals surface area contributed by atoms with Crippen LogP contribution >= 0.6 is 0 Å². The molecule has 0 radical (unpaired) electrons. The molecule has 5 nitrogen and oxygen atoms in total. The van der Waals surface area contributed by atoms with E-state index in [1.807, 2.05) is 0 Å². The SMILES string of the molecule is C=C(C)C(=O)O.CC(=O)CC(=O)O. The fourth-order valence-corrected chi connectivity index (χ4v) is 0.213. The summed E-state index contributed by atoms with van der Waals surface area (Å²) in [6, 6.07) is 0. The van der Waals surface area contributed by atoms with Gasteiger partial charge in [0.2, 0.25) is 0 Å². The summed E-state index contributed by atoms with van der Waals surface area (Å²) in [4.78, 5) is 29.1. The number of carboxylic acid groups (broad SMARTS) is 2. The van der Waals surface area contributed by atoms with E-state index in [2.05, 4.69) is 6.58 Å². The largest absolute Gasteiger partial charge is 0.481 e. The topological polar surface area (TPSA) is 91.7 Å². The third-order valence-electron chi connectivity index (χ3n) is 0.765. The van der Waals surface area contributed by atoms with Crippen LogP contribution in [-0.2, 0) is 14.4 Å². The lowest BCUT2D eigenvalue weighted by atomic mass is 10.3. The van der Waals surface area contributed by atoms with E-state index in [0.717, 1.165) is 0 Å². The Hall–Kier alpha value is -1.65. The van der Waals surface area contributed by atoms with Gasteiger partial charge < -0.3 is 10.2 Å². The predicted octanol–water partition coefficient (Wildman–Crippen LogP) is 0.697. The normalized spacial score (nSPS) is 7.85. The standard InChI is InChI=1S/C4H6O3.C4H6O2/c1-3(5)2-4(6)7;1-3(2)4(5)6/h2H2,1H3,(H,6,7);1H2,2H3,(H,5,6). The van der Waals surface area contributed by atoms with Gasteiger partial charge in [0.05, 0.1) is 0 Å². The molecule has 0 amide bonds. The summed E-state index contributed by atoms with van der Waals surface area (Å²) in [5, 5.41) is 15.8. The van der Waals surface area contributed by atoms with E-state index in [1.54, 1.807) is 0 Å². The number of hydrogen-bond donors (Lipinski definition) is 2. The fraction of sp³-hybridized carbons (Fsp3) is 0.375. The molecule has 0 saturated heterocycles. The minimum Gasteiger partial charge on any atom is -0.481 e. The molecule has 0 aromatic heterocycles. The maximum atomic E-state index is 9.87. The van der Waals surface area contributed by atoms with E-state index in [9.17, 15) is 14.4 Å². The number of aliphatic carboxylic acids is 2. The van der Waals surface area contributed by atoms with Crippen molar-refractivity contribution < 1.29 is 24.6 Å². The molecule has 0 aliphatic heterocycles. The average Bonchev–Trinajstić information content (AvgIpc) is 1.84. The Labute approximate surface area is 75.7 Å². The molecule has 0 heterocycles. The lowest BCUT2D eigenvalue weighted by molar-refractivity contribution is -0.139. The molecule has 0 atom stereocenters. The van der Waals surface area contributed by atoms with Crippen molar-refractivity contribution in [2.24, 2.45) is 0 Å². The summed E-state index contributed by atoms with van der Waals surface area (Å²) in [6.07, 6.45) is -0.361. The molecule has 0 unspecified atom stereocenters. The van der Waals surface area contributed by atoms with Crippen LogP contribution in [0.3, 0.4) is 0 Å². The first-order valence-electron chi connectivity index (χ1n) is 3.37. The number of Topliss-reactive ketones (excluding diaryl/α,β-unsaturated/α-hetero) is 1. The predicted molar refractivity (Wildman–Crippen MR) is 45.4 cm³/mol. The molecule has 0 rings (SSSR count). The first kappa shape index (κ1) is 13.9. The summed E-state index contributed by atoms with van der Waals surface area (Å²) in [7, 11) is 0. The smallest absolute Gasteiger partial charge is 0.330 e. The van der Waals surface area contributed by atoms with Crippen LogP contribution in [0, 0.1) is 0 Å². The maximum Gasteiger partial charge on any atom is 0.330 e. The van der Waals surface area contributed by atoms with Crippen molar-refractivity contribution in [2.45, 2.75) is 20.3 Å². The van der Waals surface area contributed by atoms with Crippen LogP contribution in [-0.4, -0.2) is 27.9 Å². The molecule has 0 aliphatic rings. The van der Waals surface area contributed by atoms with E-state index in [4.69, 9.17) is 10.2 Å². The van der Waals surface area contributed by atoms with Crippen molar-refractivity contribution >= 4 is 17.7 Å². The number of hydrogen-bond acceptors (Lipinski definition) is 3. The Morgan fingerprint density at radius 3 is 1.46 bits per heavy atom. The van der Waals surface area contributed by atoms with Gasteiger partial charge >= 0.3 is 11.9 Å². The molecule has 5 heteroatoms. The lowest BCUT2D eigenvalue weighted by Crippen LogP contribution is -2.00. The van der Waals surface area contributed by atoms with Crippen molar-refractivity contribution in [2.75, 3.05) is 0 Å². The molecule has 0 aromatic carbocycles. The van der Waals surface area contributed by atoms with E-state index in [0.29, 0.717) is 0 Å². The van der Waals surface area contributed by atoms with Crippen LogP contribution in [0.25, 0.3) is 0 Å². The highest BCUT2D eigenvalue weighted by Crippen LogP contribution is 1.81. The summed E-state index contributed by atoms with van der Waals surface area (Å²) < 4.78 is 0. The Morgan fingerprint density at radius 2 is 1.46 bits per heavy atom. The molecule has 0 saturated carbocycles. The highest BCUT2D eigenvalue weighted by molar-refractivity contribution is 5.93. The van der Waals surface area contributed by atoms with Crippen LogP contribution in [0.5, 0.6) is 0 Å². The maximum absolute atomic E-state index is 9.87. The molecule has 0 aromatic rings. The average molecular weight is 188 g/mol. The van der Waals surface area contributed by atoms with Gasteiger partial charge in [0, 0.05) is 5.57 Å². The summed E-state index contributed by atoms with van der Waals surface area (Å²) in [6.45, 7) is 5.85. The van der Waals surface area contributed by atoms with Crippen molar-refractivity contribution in [3.8, 4) is 0 Å². The zero-order valence-electron chi connectivity index (χ0n) is 7.53. The van der Waals surface area contributed by atoms with E-state index in [1.165, 1.54) is 13.8 Å². The summed E-state index contributed by atoms with van der Waals surface area (Å²) in [5.74, 6) is -2.31. The number of carbonyl (C=O) groups excluding carboxylic acids is 1. The van der Waals surface area contributed by atoms with E-state index >= 15 is 0 Å². The molecule has 74 valence electrons. The van der Waals surface area contributed by atoms with Gasteiger partial charge in [0.1, 0.15) is 12.2 Å². The second-order valence-electron chi connectivity index (χ2n) is 2.36. The van der Waals surface area contributed by atoms with Crippen LogP contribution in [0.2, 0.25) is 0 Å². The van der Waals surface area contributed by atoms with Gasteiger partial charge in [0.15, 0.2) is 0 Å². The highest BCUT2D eigenvalue weighted by atomic mass is 16.4. The highest BCUT2D eigenvalue weighted by Gasteiger charge is 1.98. The van der Waals surface area contributed by atoms with Gasteiger partial charge in [0.25, 0.3) is 0 Å². The second kappa shape index (κ2) is 7.02. The lowest BCUT2D eigenvalue weighted by Gasteiger charge is -1.80. The van der Waals surface area contributed by atoms with Crippen molar-refractivity contribution in [3.63, 3.8) is 0 Å². The molecule has 13 heavy (non-hydrogen) atoms. The summed E-state index contributed by atoms with van der Waals surface area (Å²) in [5.41, 5.74) is 0.176. The minimum atomic E-state index is -1.06. The van der Waals surface area contributed by atoms with Gasteiger partial charge in [-0.15, -0.1) is 0 Å². The van der Waals surface area contributed by atoms with E-state index in [-0.39, 0.29) is 17.8 Å².